The molecule has 25 heavy (non-hydrogen) atoms. The van der Waals surface area contributed by atoms with Gasteiger partial charge in [0, 0.05) is 6.54 Å². The van der Waals surface area contributed by atoms with Crippen molar-refractivity contribution in [2.24, 2.45) is 22.9 Å². The molecule has 0 fully saturated rings. The number of carbonyl (C=O) groups excluding carboxylic acids is 3. The number of amides is 3. The van der Waals surface area contributed by atoms with Gasteiger partial charge in [0.15, 0.2) is 5.96 Å². The van der Waals surface area contributed by atoms with Gasteiger partial charge < -0.3 is 38.9 Å². The molecular formula is C14H30N8O3. The molecule has 11 nitrogen and oxygen atoms in total. The lowest BCUT2D eigenvalue weighted by atomic mass is 10.1. The molecule has 0 aromatic rings. The van der Waals surface area contributed by atoms with Crippen molar-refractivity contribution >= 4 is 23.7 Å². The summed E-state index contributed by atoms with van der Waals surface area (Å²) in [5.74, 6) is -1.83. The Balaban J connectivity index is 4.15. The highest BCUT2D eigenvalue weighted by atomic mass is 16.2. The number of unbranched alkanes of at least 4 members (excludes halogenated alkanes) is 1. The molecule has 0 spiro atoms. The second-order valence-corrected chi connectivity index (χ2v) is 5.61. The molecule has 0 aromatic carbocycles. The maximum absolute atomic E-state index is 11.8. The van der Waals surface area contributed by atoms with Gasteiger partial charge >= 0.3 is 0 Å². The van der Waals surface area contributed by atoms with Crippen molar-refractivity contribution in [1.82, 2.24) is 16.0 Å². The van der Waals surface area contributed by atoms with Crippen LogP contribution in [-0.4, -0.2) is 55.4 Å². The smallest absolute Gasteiger partial charge is 0.240 e. The maximum Gasteiger partial charge on any atom is 0.240 e. The summed E-state index contributed by atoms with van der Waals surface area (Å²) in [5.41, 5.74) is 21.4. The van der Waals surface area contributed by atoms with Crippen molar-refractivity contribution in [3.05, 3.63) is 0 Å². The molecule has 0 saturated heterocycles. The van der Waals surface area contributed by atoms with Crippen LogP contribution in [0.5, 0.6) is 0 Å². The van der Waals surface area contributed by atoms with Crippen LogP contribution < -0.4 is 38.9 Å². The number of guanidine groups is 1. The summed E-state index contributed by atoms with van der Waals surface area (Å²) < 4.78 is 0. The van der Waals surface area contributed by atoms with E-state index in [1.807, 2.05) is 0 Å². The molecule has 2 atom stereocenters. The molecule has 0 saturated carbocycles. The van der Waals surface area contributed by atoms with Crippen LogP contribution in [0.3, 0.4) is 0 Å². The third-order valence-corrected chi connectivity index (χ3v) is 3.39. The molecule has 0 aliphatic heterocycles. The Hall–Kier alpha value is -2.40. The van der Waals surface area contributed by atoms with Crippen LogP contribution in [0.25, 0.3) is 0 Å². The van der Waals surface area contributed by atoms with Gasteiger partial charge in [-0.05, 0) is 32.2 Å². The average molecular weight is 358 g/mol. The number of nitrogens with one attached hydrogen (secondary N) is 4. The molecule has 11 heteroatoms. The van der Waals surface area contributed by atoms with Gasteiger partial charge in [-0.15, -0.1) is 0 Å². The van der Waals surface area contributed by atoms with Crippen molar-refractivity contribution in [3.8, 4) is 0 Å². The van der Waals surface area contributed by atoms with Gasteiger partial charge in [-0.3, -0.25) is 19.8 Å². The van der Waals surface area contributed by atoms with E-state index in [2.05, 4.69) is 16.0 Å². The van der Waals surface area contributed by atoms with Gasteiger partial charge in [0.25, 0.3) is 0 Å². The summed E-state index contributed by atoms with van der Waals surface area (Å²) in [6.07, 6.45) is 2.76. The zero-order valence-electron chi connectivity index (χ0n) is 14.3. The highest BCUT2D eigenvalue weighted by Crippen LogP contribution is 1.98. The molecule has 0 heterocycles. The Morgan fingerprint density at radius 2 is 1.68 bits per heavy atom. The molecule has 3 amide bonds. The lowest BCUT2D eigenvalue weighted by Crippen LogP contribution is -2.50. The minimum absolute atomic E-state index is 0.176. The highest BCUT2D eigenvalue weighted by Gasteiger charge is 2.19. The molecule has 0 bridgehead atoms. The van der Waals surface area contributed by atoms with Gasteiger partial charge in [0.2, 0.25) is 17.7 Å². The quantitative estimate of drug-likeness (QED) is 0.0956. The van der Waals surface area contributed by atoms with Crippen molar-refractivity contribution in [3.63, 3.8) is 0 Å². The molecule has 0 rings (SSSR count). The number of carbonyl (C=O) groups is 3. The fraction of sp³-hybridized carbons (Fsp3) is 0.714. The van der Waals surface area contributed by atoms with E-state index in [0.29, 0.717) is 25.9 Å². The molecule has 0 aromatic heterocycles. The third kappa shape index (κ3) is 11.7. The largest absolute Gasteiger partial charge is 0.370 e. The Morgan fingerprint density at radius 1 is 1.00 bits per heavy atom. The molecule has 12 N–H and O–H groups in total. The minimum Gasteiger partial charge on any atom is -0.370 e. The van der Waals surface area contributed by atoms with E-state index < -0.39 is 29.8 Å². The van der Waals surface area contributed by atoms with Crippen LogP contribution in [0, 0.1) is 5.41 Å². The first kappa shape index (κ1) is 22.6. The second kappa shape index (κ2) is 13.0. The predicted molar refractivity (Wildman–Crippen MR) is 94.2 cm³/mol. The maximum atomic E-state index is 11.8. The van der Waals surface area contributed by atoms with Crippen LogP contribution in [0.15, 0.2) is 0 Å². The van der Waals surface area contributed by atoms with E-state index >= 15 is 0 Å². The number of hydrogen-bond donors (Lipinski definition) is 8. The van der Waals surface area contributed by atoms with E-state index in [-0.39, 0.29) is 18.9 Å². The fourth-order valence-corrected chi connectivity index (χ4v) is 2.00. The van der Waals surface area contributed by atoms with Crippen molar-refractivity contribution < 1.29 is 14.4 Å². The standard InChI is InChI=1S/C14H30N8O3/c15-6-2-1-4-9(16)13(25)21-8-11(23)22-10(12(17)24)5-3-7-20-14(18)19/h9-10H,1-8,15-16H2,(H2,17,24)(H,21,25)(H,22,23)(H4,18,19,20)/t9-,10-/m0/s1. The molecule has 0 unspecified atom stereocenters. The SMILES string of the molecule is N=C(N)NCCC[C@H](NC(=O)CNC(=O)[C@@H](N)CCCCN)C(N)=O. The molecule has 0 radical (unpaired) electrons. The van der Waals surface area contributed by atoms with E-state index in [0.717, 1.165) is 12.8 Å². The zero-order valence-corrected chi connectivity index (χ0v) is 14.3. The van der Waals surface area contributed by atoms with Gasteiger partial charge in [-0.1, -0.05) is 6.42 Å². The van der Waals surface area contributed by atoms with E-state index in [4.69, 9.17) is 28.3 Å². The summed E-state index contributed by atoms with van der Waals surface area (Å²) in [4.78, 5) is 34.9. The monoisotopic (exact) mass is 358 g/mol. The first-order chi connectivity index (χ1) is 11.8. The molecule has 144 valence electrons. The van der Waals surface area contributed by atoms with E-state index in [1.54, 1.807) is 0 Å². The first-order valence-electron chi connectivity index (χ1n) is 8.17. The Bertz CT molecular complexity index is 457. The van der Waals surface area contributed by atoms with Crippen molar-refractivity contribution in [2.75, 3.05) is 19.6 Å². The van der Waals surface area contributed by atoms with Crippen LogP contribution in [0.1, 0.15) is 32.1 Å². The van der Waals surface area contributed by atoms with Crippen molar-refractivity contribution in [1.29, 1.82) is 5.41 Å². The molecular weight excluding hydrogens is 328 g/mol. The van der Waals surface area contributed by atoms with Gasteiger partial charge in [-0.25, -0.2) is 0 Å². The third-order valence-electron chi connectivity index (χ3n) is 3.39. The lowest BCUT2D eigenvalue weighted by molar-refractivity contribution is -0.129. The Labute approximate surface area is 147 Å². The average Bonchev–Trinajstić information content (AvgIpc) is 2.54. The van der Waals surface area contributed by atoms with Gasteiger partial charge in [0.1, 0.15) is 6.04 Å². The van der Waals surface area contributed by atoms with Gasteiger partial charge in [0.05, 0.1) is 12.6 Å². The summed E-state index contributed by atoms with van der Waals surface area (Å²) >= 11 is 0. The number of primary amides is 1. The van der Waals surface area contributed by atoms with Crippen LogP contribution >= 0.6 is 0 Å². The number of hydrogen-bond acceptors (Lipinski definition) is 6. The fourth-order valence-electron chi connectivity index (χ4n) is 2.00. The van der Waals surface area contributed by atoms with E-state index in [9.17, 15) is 14.4 Å². The summed E-state index contributed by atoms with van der Waals surface area (Å²) in [5, 5.41) is 14.5. The normalized spacial score (nSPS) is 12.7. The van der Waals surface area contributed by atoms with Crippen LogP contribution in [0.2, 0.25) is 0 Å². The van der Waals surface area contributed by atoms with Crippen molar-refractivity contribution in [2.45, 2.75) is 44.2 Å². The molecule has 0 aliphatic rings. The Morgan fingerprint density at radius 3 is 2.24 bits per heavy atom. The summed E-state index contributed by atoms with van der Waals surface area (Å²) in [6, 6.07) is -1.57. The summed E-state index contributed by atoms with van der Waals surface area (Å²) in [7, 11) is 0. The zero-order chi connectivity index (χ0) is 19.2. The molecule has 0 aliphatic carbocycles. The topological polar surface area (TPSA) is 215 Å². The summed E-state index contributed by atoms with van der Waals surface area (Å²) in [6.45, 7) is 0.620. The Kier molecular flexibility index (Phi) is 11.7. The van der Waals surface area contributed by atoms with Crippen LogP contribution in [0.4, 0.5) is 0 Å². The van der Waals surface area contributed by atoms with E-state index in [1.165, 1.54) is 0 Å². The lowest BCUT2D eigenvalue weighted by Gasteiger charge is -2.17. The second-order valence-electron chi connectivity index (χ2n) is 5.61. The predicted octanol–water partition coefficient (Wildman–Crippen LogP) is -3.21. The number of rotatable bonds is 13. The number of nitrogens with two attached hydrogens (primary N) is 4. The van der Waals surface area contributed by atoms with Gasteiger partial charge in [-0.2, -0.15) is 0 Å². The minimum atomic E-state index is -0.864. The first-order valence-corrected chi connectivity index (χ1v) is 8.17. The van der Waals surface area contributed by atoms with Crippen LogP contribution in [-0.2, 0) is 14.4 Å². The highest BCUT2D eigenvalue weighted by molar-refractivity contribution is 5.90.